The van der Waals surface area contributed by atoms with Gasteiger partial charge in [0, 0.05) is 24.7 Å². The Hall–Kier alpha value is -3.28. The maximum absolute atomic E-state index is 12.9. The molecule has 0 saturated heterocycles. The number of fused-ring (bicyclic) bond motifs is 1. The van der Waals surface area contributed by atoms with Gasteiger partial charge in [-0.05, 0) is 48.7 Å². The van der Waals surface area contributed by atoms with Crippen molar-refractivity contribution in [2.24, 2.45) is 0 Å². The lowest BCUT2D eigenvalue weighted by Gasteiger charge is -2.16. The third-order valence-electron chi connectivity index (χ3n) is 5.20. The van der Waals surface area contributed by atoms with Crippen molar-refractivity contribution >= 4 is 5.91 Å². The van der Waals surface area contributed by atoms with E-state index in [9.17, 15) is 4.79 Å². The van der Waals surface area contributed by atoms with Crippen molar-refractivity contribution in [2.75, 3.05) is 21.3 Å². The number of methoxy groups -OCH3 is 2. The van der Waals surface area contributed by atoms with Crippen molar-refractivity contribution in [3.05, 3.63) is 52.9 Å². The van der Waals surface area contributed by atoms with Crippen LogP contribution in [0, 0.1) is 13.8 Å². The molecule has 4 rings (SSSR count). The molecule has 1 aliphatic rings. The second-order valence-electron chi connectivity index (χ2n) is 6.96. The molecule has 1 aliphatic heterocycles. The topological polar surface area (TPSA) is 64.8 Å². The van der Waals surface area contributed by atoms with Crippen molar-refractivity contribution < 1.29 is 18.8 Å². The summed E-state index contributed by atoms with van der Waals surface area (Å²) in [6.07, 6.45) is 0. The summed E-state index contributed by atoms with van der Waals surface area (Å²) in [5.74, 6) is 1.97. The third-order valence-corrected chi connectivity index (χ3v) is 5.20. The zero-order chi connectivity index (χ0) is 20.0. The van der Waals surface area contributed by atoms with Crippen LogP contribution < -0.4 is 9.47 Å². The highest BCUT2D eigenvalue weighted by atomic mass is 16.5. The number of benzene rings is 2. The first-order valence-electron chi connectivity index (χ1n) is 9.03. The normalized spacial score (nSPS) is 13.0. The van der Waals surface area contributed by atoms with Gasteiger partial charge in [-0.15, -0.1) is 0 Å². The Morgan fingerprint density at radius 2 is 1.86 bits per heavy atom. The Balaban J connectivity index is 2.04. The van der Waals surface area contributed by atoms with E-state index in [-0.39, 0.29) is 5.91 Å². The Labute approximate surface area is 163 Å². The maximum Gasteiger partial charge on any atom is 0.254 e. The molecular weight excluding hydrogens is 356 g/mol. The molecule has 0 spiro atoms. The summed E-state index contributed by atoms with van der Waals surface area (Å²) in [7, 11) is 5.02. The lowest BCUT2D eigenvalue weighted by molar-refractivity contribution is 0.0817. The lowest BCUT2D eigenvalue weighted by atomic mass is 9.90. The first kappa shape index (κ1) is 18.1. The van der Waals surface area contributed by atoms with E-state index in [1.807, 2.05) is 45.2 Å². The fraction of sp³-hybridized carbons (Fsp3) is 0.273. The summed E-state index contributed by atoms with van der Waals surface area (Å²) in [5, 5.41) is 4.08. The average Bonchev–Trinajstić information content (AvgIpc) is 3.18. The van der Waals surface area contributed by atoms with E-state index in [0.717, 1.165) is 39.3 Å². The SMILES string of the molecule is COc1cccc(-c2cc(-c3c(C)noc3C)cc3c2C(=O)N(C)C3)c1OC. The Kier molecular flexibility index (Phi) is 4.34. The predicted molar refractivity (Wildman–Crippen MR) is 106 cm³/mol. The minimum Gasteiger partial charge on any atom is -0.493 e. The molecule has 0 fully saturated rings. The molecule has 6 nitrogen and oxygen atoms in total. The Morgan fingerprint density at radius 3 is 2.50 bits per heavy atom. The van der Waals surface area contributed by atoms with Crippen molar-refractivity contribution in [1.29, 1.82) is 0 Å². The summed E-state index contributed by atoms with van der Waals surface area (Å²) < 4.78 is 16.5. The molecule has 0 bridgehead atoms. The standard InChI is InChI=1S/C22H22N2O4/c1-12-19(13(2)28-23-12)14-9-15-11-24(3)22(25)20(15)17(10-14)16-7-6-8-18(26-4)21(16)27-5/h6-10H,11H2,1-5H3. The summed E-state index contributed by atoms with van der Waals surface area (Å²) >= 11 is 0. The van der Waals surface area contributed by atoms with Crippen molar-refractivity contribution in [3.8, 4) is 33.8 Å². The van der Waals surface area contributed by atoms with Gasteiger partial charge in [-0.2, -0.15) is 0 Å². The van der Waals surface area contributed by atoms with Crippen molar-refractivity contribution in [3.63, 3.8) is 0 Å². The molecule has 0 N–H and O–H groups in total. The van der Waals surface area contributed by atoms with Crippen LogP contribution in [0.1, 0.15) is 27.4 Å². The van der Waals surface area contributed by atoms with Crippen LogP contribution in [-0.2, 0) is 6.54 Å². The number of para-hydroxylation sites is 1. The highest BCUT2D eigenvalue weighted by molar-refractivity contribution is 6.06. The van der Waals surface area contributed by atoms with Crippen LogP contribution in [0.4, 0.5) is 0 Å². The zero-order valence-corrected chi connectivity index (χ0v) is 16.6. The number of ether oxygens (including phenoxy) is 2. The number of hydrogen-bond donors (Lipinski definition) is 0. The number of nitrogens with zero attached hydrogens (tertiary/aromatic N) is 2. The van der Waals surface area contributed by atoms with Gasteiger partial charge >= 0.3 is 0 Å². The highest BCUT2D eigenvalue weighted by Crippen LogP contribution is 2.44. The minimum absolute atomic E-state index is 0.000172. The molecule has 2 aromatic carbocycles. The van der Waals surface area contributed by atoms with Gasteiger partial charge in [0.25, 0.3) is 5.91 Å². The number of carbonyl (C=O) groups excluding carboxylic acids is 1. The van der Waals surface area contributed by atoms with Crippen LogP contribution in [0.5, 0.6) is 11.5 Å². The first-order valence-corrected chi connectivity index (χ1v) is 9.03. The van der Waals surface area contributed by atoms with Crippen molar-refractivity contribution in [2.45, 2.75) is 20.4 Å². The van der Waals surface area contributed by atoms with Crippen molar-refractivity contribution in [1.82, 2.24) is 10.1 Å². The quantitative estimate of drug-likeness (QED) is 0.680. The fourth-order valence-corrected chi connectivity index (χ4v) is 3.95. The predicted octanol–water partition coefficient (Wildman–Crippen LogP) is 4.23. The lowest BCUT2D eigenvalue weighted by Crippen LogP contribution is -2.18. The molecule has 0 aliphatic carbocycles. The molecular formula is C22H22N2O4. The van der Waals surface area contributed by atoms with Gasteiger partial charge in [0.2, 0.25) is 0 Å². The third kappa shape index (κ3) is 2.64. The van der Waals surface area contributed by atoms with E-state index in [2.05, 4.69) is 11.2 Å². The van der Waals surface area contributed by atoms with Gasteiger partial charge in [-0.25, -0.2) is 0 Å². The van der Waals surface area contributed by atoms with Crippen LogP contribution in [-0.4, -0.2) is 37.2 Å². The zero-order valence-electron chi connectivity index (χ0n) is 16.6. The monoisotopic (exact) mass is 378 g/mol. The van der Waals surface area contributed by atoms with Gasteiger partial charge in [0.1, 0.15) is 5.76 Å². The van der Waals surface area contributed by atoms with Gasteiger partial charge in [0.15, 0.2) is 11.5 Å². The molecule has 0 radical (unpaired) electrons. The van der Waals surface area contributed by atoms with Gasteiger partial charge in [0.05, 0.1) is 25.5 Å². The van der Waals surface area contributed by atoms with Gasteiger partial charge in [-0.1, -0.05) is 17.3 Å². The van der Waals surface area contributed by atoms with Crippen LogP contribution in [0.25, 0.3) is 22.3 Å². The van der Waals surface area contributed by atoms with E-state index < -0.39 is 0 Å². The van der Waals surface area contributed by atoms with Gasteiger partial charge in [-0.3, -0.25) is 4.79 Å². The number of aromatic nitrogens is 1. The molecule has 2 heterocycles. The van der Waals surface area contributed by atoms with Crippen LogP contribution >= 0.6 is 0 Å². The van der Waals surface area contributed by atoms with E-state index in [1.165, 1.54) is 0 Å². The second-order valence-corrected chi connectivity index (χ2v) is 6.96. The Bertz CT molecular complexity index is 1060. The number of rotatable bonds is 4. The summed E-state index contributed by atoms with van der Waals surface area (Å²) in [6.45, 7) is 4.37. The summed E-state index contributed by atoms with van der Waals surface area (Å²) in [4.78, 5) is 14.6. The van der Waals surface area contributed by atoms with E-state index in [0.29, 0.717) is 23.6 Å². The molecule has 6 heteroatoms. The highest BCUT2D eigenvalue weighted by Gasteiger charge is 2.31. The first-order chi connectivity index (χ1) is 13.5. The summed E-state index contributed by atoms with van der Waals surface area (Å²) in [6, 6.07) is 9.75. The van der Waals surface area contributed by atoms with E-state index in [4.69, 9.17) is 14.0 Å². The van der Waals surface area contributed by atoms with E-state index >= 15 is 0 Å². The van der Waals surface area contributed by atoms with Crippen LogP contribution in [0.15, 0.2) is 34.9 Å². The molecule has 1 aromatic heterocycles. The van der Waals surface area contributed by atoms with Crippen LogP contribution in [0.2, 0.25) is 0 Å². The van der Waals surface area contributed by atoms with Crippen LogP contribution in [0.3, 0.4) is 0 Å². The molecule has 3 aromatic rings. The molecule has 28 heavy (non-hydrogen) atoms. The molecule has 144 valence electrons. The Morgan fingerprint density at radius 1 is 1.07 bits per heavy atom. The summed E-state index contributed by atoms with van der Waals surface area (Å²) in [5.41, 5.74) is 6.05. The second kappa shape index (κ2) is 6.71. The largest absolute Gasteiger partial charge is 0.493 e. The molecule has 0 atom stereocenters. The number of hydrogen-bond acceptors (Lipinski definition) is 5. The maximum atomic E-state index is 12.9. The van der Waals surface area contributed by atoms with Gasteiger partial charge < -0.3 is 18.9 Å². The number of aryl methyl sites for hydroxylation is 2. The fourth-order valence-electron chi connectivity index (χ4n) is 3.95. The smallest absolute Gasteiger partial charge is 0.254 e. The molecule has 0 saturated carbocycles. The average molecular weight is 378 g/mol. The molecule has 1 amide bonds. The number of carbonyl (C=O) groups is 1. The number of amides is 1. The molecule has 0 unspecified atom stereocenters. The van der Waals surface area contributed by atoms with E-state index in [1.54, 1.807) is 19.1 Å². The minimum atomic E-state index is 0.000172.